The molecule has 5 heteroatoms. The predicted molar refractivity (Wildman–Crippen MR) is 60.6 cm³/mol. The van der Waals surface area contributed by atoms with Gasteiger partial charge in [0.2, 0.25) is 0 Å². The minimum Gasteiger partial charge on any atom is -0.326 e. The van der Waals surface area contributed by atoms with Crippen molar-refractivity contribution in [3.05, 3.63) is 17.5 Å². The van der Waals surface area contributed by atoms with E-state index in [9.17, 15) is 0 Å². The van der Waals surface area contributed by atoms with Gasteiger partial charge in [0.05, 0.1) is 14.1 Å². The summed E-state index contributed by atoms with van der Waals surface area (Å²) in [7, 11) is 9.41. The van der Waals surface area contributed by atoms with E-state index in [4.69, 9.17) is 0 Å². The molecule has 0 aliphatic rings. The van der Waals surface area contributed by atoms with E-state index in [0.717, 1.165) is 16.5 Å². The summed E-state index contributed by atoms with van der Waals surface area (Å²) in [5, 5.41) is 1.05. The second kappa shape index (κ2) is 4.53. The van der Waals surface area contributed by atoms with Crippen molar-refractivity contribution in [3.8, 4) is 0 Å². The molecule has 3 nitrogen and oxygen atoms in total. The molecule has 1 aromatic heterocycles. The van der Waals surface area contributed by atoms with Crippen molar-refractivity contribution in [1.82, 2.24) is 9.56 Å². The first-order chi connectivity index (χ1) is 6.15. The molecule has 0 aromatic carbocycles. The summed E-state index contributed by atoms with van der Waals surface area (Å²) in [6.07, 6.45) is 1.88. The molecule has 0 bridgehead atoms. The highest BCUT2D eigenvalue weighted by Crippen LogP contribution is 2.16. The van der Waals surface area contributed by atoms with E-state index < -0.39 is 0 Å². The Balaban J connectivity index is 2.92. The van der Waals surface area contributed by atoms with Gasteiger partial charge < -0.3 is 4.90 Å². The number of likely N-dealkylation sites (N-methyl/N-ethyl adjacent to an activating group) is 1. The van der Waals surface area contributed by atoms with E-state index in [1.807, 2.05) is 31.8 Å². The highest BCUT2D eigenvalue weighted by Gasteiger charge is 2.11. The van der Waals surface area contributed by atoms with Gasteiger partial charge in [-0.05, 0) is 10.3 Å². The Morgan fingerprint density at radius 3 is 2.69 bits per heavy atom. The molecule has 0 N–H and O–H groups in total. The van der Waals surface area contributed by atoms with Gasteiger partial charge >= 0.3 is 9.93 Å². The topological polar surface area (TPSA) is 19.1 Å². The van der Waals surface area contributed by atoms with Gasteiger partial charge in [-0.25, -0.2) is 0 Å². The zero-order valence-electron chi connectivity index (χ0n) is 8.15. The van der Waals surface area contributed by atoms with Crippen molar-refractivity contribution in [1.29, 1.82) is 0 Å². The lowest BCUT2D eigenvalue weighted by Crippen LogP contribution is -2.23. The third-order valence-electron chi connectivity index (χ3n) is 1.49. The first-order valence-electron chi connectivity index (χ1n) is 3.94. The normalized spacial score (nSPS) is 9.77. The van der Waals surface area contributed by atoms with Gasteiger partial charge in [-0.3, -0.25) is 4.58 Å². The smallest absolute Gasteiger partial charge is 0.326 e. The minimum atomic E-state index is 0.840. The SMILES string of the molecule is C=CCN(C)c1nc(=[N+](C)C)ss1. The first-order valence-corrected chi connectivity index (χ1v) is 6.09. The Hall–Kier alpha value is -0.680. The number of aromatic nitrogens is 1. The minimum absolute atomic E-state index is 0.840. The molecular weight excluding hydrogens is 202 g/mol. The number of anilines is 1. The standard InChI is InChI=1S/C8H14N3S2/c1-5-6-11(4)8-9-7(10(2)3)12-13-8/h5H,1,6H2,2-4H3/q+1. The maximum absolute atomic E-state index is 4.47. The summed E-state index contributed by atoms with van der Waals surface area (Å²) < 4.78 is 2.02. The molecule has 0 saturated heterocycles. The maximum atomic E-state index is 4.47. The largest absolute Gasteiger partial charge is 0.390 e. The quantitative estimate of drug-likeness (QED) is 0.424. The summed E-state index contributed by atoms with van der Waals surface area (Å²) in [6, 6.07) is 0. The second-order valence-electron chi connectivity index (χ2n) is 2.91. The van der Waals surface area contributed by atoms with Crippen molar-refractivity contribution >= 4 is 25.8 Å². The summed E-state index contributed by atoms with van der Waals surface area (Å²) in [5.74, 6) is 0. The zero-order valence-corrected chi connectivity index (χ0v) is 9.78. The maximum Gasteiger partial charge on any atom is 0.390 e. The van der Waals surface area contributed by atoms with Crippen LogP contribution in [0.15, 0.2) is 12.7 Å². The molecule has 1 heterocycles. The van der Waals surface area contributed by atoms with Gasteiger partial charge in [0.15, 0.2) is 0 Å². The van der Waals surface area contributed by atoms with Crippen molar-refractivity contribution in [2.24, 2.45) is 0 Å². The molecule has 0 fully saturated rings. The van der Waals surface area contributed by atoms with Gasteiger partial charge in [0.1, 0.15) is 0 Å². The summed E-state index contributed by atoms with van der Waals surface area (Å²) >= 11 is 0. The van der Waals surface area contributed by atoms with Crippen molar-refractivity contribution in [2.75, 3.05) is 32.6 Å². The highest BCUT2D eigenvalue weighted by molar-refractivity contribution is 7.69. The molecule has 0 saturated carbocycles. The Morgan fingerprint density at radius 1 is 1.54 bits per heavy atom. The van der Waals surface area contributed by atoms with Crippen LogP contribution in [0.3, 0.4) is 0 Å². The van der Waals surface area contributed by atoms with Crippen LogP contribution < -0.4 is 14.3 Å². The van der Waals surface area contributed by atoms with Gasteiger partial charge in [-0.15, -0.1) is 6.58 Å². The van der Waals surface area contributed by atoms with Crippen molar-refractivity contribution in [3.63, 3.8) is 0 Å². The summed E-state index contributed by atoms with van der Waals surface area (Å²) in [6.45, 7) is 4.54. The van der Waals surface area contributed by atoms with E-state index in [2.05, 4.69) is 16.5 Å². The van der Waals surface area contributed by atoms with Gasteiger partial charge in [0, 0.05) is 28.9 Å². The van der Waals surface area contributed by atoms with E-state index >= 15 is 0 Å². The lowest BCUT2D eigenvalue weighted by atomic mass is 10.6. The summed E-state index contributed by atoms with van der Waals surface area (Å²) in [4.78, 5) is 7.61. The number of rotatable bonds is 3. The highest BCUT2D eigenvalue weighted by atomic mass is 32.9. The monoisotopic (exact) mass is 216 g/mol. The fourth-order valence-electron chi connectivity index (χ4n) is 0.789. The molecule has 0 atom stereocenters. The first kappa shape index (κ1) is 10.4. The summed E-state index contributed by atoms with van der Waals surface area (Å²) in [5.41, 5.74) is 0. The lowest BCUT2D eigenvalue weighted by molar-refractivity contribution is 0.800. The number of hydrogen-bond acceptors (Lipinski definition) is 4. The lowest BCUT2D eigenvalue weighted by Gasteiger charge is -2.07. The molecule has 1 aromatic rings. The zero-order chi connectivity index (χ0) is 9.84. The number of hydrogen-bond donors (Lipinski definition) is 0. The molecule has 0 amide bonds. The van der Waals surface area contributed by atoms with Crippen LogP contribution in [-0.4, -0.2) is 32.7 Å². The average molecular weight is 216 g/mol. The Bertz CT molecular complexity index is 346. The van der Waals surface area contributed by atoms with Crippen molar-refractivity contribution < 1.29 is 0 Å². The molecule has 13 heavy (non-hydrogen) atoms. The Labute approximate surface area is 85.7 Å². The van der Waals surface area contributed by atoms with Crippen LogP contribution in [0.1, 0.15) is 0 Å². The van der Waals surface area contributed by atoms with E-state index in [-0.39, 0.29) is 0 Å². The molecule has 0 radical (unpaired) electrons. The van der Waals surface area contributed by atoms with E-state index in [1.165, 1.54) is 0 Å². The molecule has 0 unspecified atom stereocenters. The molecule has 0 spiro atoms. The van der Waals surface area contributed by atoms with Gasteiger partial charge in [0.25, 0.3) is 0 Å². The Kier molecular flexibility index (Phi) is 3.62. The fourth-order valence-corrected chi connectivity index (χ4v) is 3.09. The Morgan fingerprint density at radius 2 is 2.23 bits per heavy atom. The van der Waals surface area contributed by atoms with E-state index in [1.54, 1.807) is 20.7 Å². The van der Waals surface area contributed by atoms with Gasteiger partial charge in [-0.2, -0.15) is 0 Å². The third kappa shape index (κ3) is 2.63. The van der Waals surface area contributed by atoms with Crippen LogP contribution >= 0.6 is 20.7 Å². The molecule has 0 aliphatic heterocycles. The second-order valence-corrected chi connectivity index (χ2v) is 4.97. The van der Waals surface area contributed by atoms with Crippen LogP contribution in [0, 0.1) is 0 Å². The number of nitrogens with zero attached hydrogens (tertiary/aromatic N) is 3. The van der Waals surface area contributed by atoms with E-state index in [0.29, 0.717) is 0 Å². The predicted octanol–water partition coefficient (Wildman–Crippen LogP) is 0.859. The molecule has 1 rings (SSSR count). The van der Waals surface area contributed by atoms with Crippen molar-refractivity contribution in [2.45, 2.75) is 0 Å². The fraction of sp³-hybridized carbons (Fsp3) is 0.500. The molecular formula is C8H14N3S2+. The van der Waals surface area contributed by atoms with Gasteiger partial charge in [-0.1, -0.05) is 6.08 Å². The van der Waals surface area contributed by atoms with Crippen LogP contribution in [0.2, 0.25) is 0 Å². The average Bonchev–Trinajstić information content (AvgIpc) is 2.52. The van der Waals surface area contributed by atoms with Crippen LogP contribution in [0.25, 0.3) is 0 Å². The van der Waals surface area contributed by atoms with Crippen LogP contribution in [0.4, 0.5) is 5.13 Å². The molecule has 0 aliphatic carbocycles. The van der Waals surface area contributed by atoms with Crippen LogP contribution in [0.5, 0.6) is 0 Å². The third-order valence-corrected chi connectivity index (χ3v) is 3.88. The van der Waals surface area contributed by atoms with Crippen LogP contribution in [-0.2, 0) is 0 Å². The molecule has 72 valence electrons.